The number of piperidine rings is 1. The standard InChI is InChI=1S/C15H30N2/c1-13(2)4-3-11-17(15-5-6-15)12-14-7-9-16-10-8-14/h13-16H,3-12H2,1-2H3. The molecule has 0 aromatic carbocycles. The Kier molecular flexibility index (Phi) is 5.30. The second-order valence-electron chi connectivity index (χ2n) is 6.46. The number of hydrogen-bond donors (Lipinski definition) is 1. The molecule has 1 N–H and O–H groups in total. The van der Waals surface area contributed by atoms with Gasteiger partial charge in [-0.1, -0.05) is 13.8 Å². The molecule has 2 nitrogen and oxygen atoms in total. The molecule has 2 aliphatic rings. The molecule has 1 aliphatic carbocycles. The number of nitrogens with one attached hydrogen (secondary N) is 1. The summed E-state index contributed by atoms with van der Waals surface area (Å²) < 4.78 is 0. The van der Waals surface area contributed by atoms with Gasteiger partial charge in [0.1, 0.15) is 0 Å². The Balaban J connectivity index is 1.68. The molecule has 0 unspecified atom stereocenters. The Morgan fingerprint density at radius 1 is 1.12 bits per heavy atom. The van der Waals surface area contributed by atoms with Gasteiger partial charge in [-0.2, -0.15) is 0 Å². The predicted molar refractivity (Wildman–Crippen MR) is 74.3 cm³/mol. The molecule has 2 rings (SSSR count). The van der Waals surface area contributed by atoms with Gasteiger partial charge in [0.05, 0.1) is 0 Å². The van der Waals surface area contributed by atoms with Crippen molar-refractivity contribution < 1.29 is 0 Å². The Morgan fingerprint density at radius 2 is 1.82 bits per heavy atom. The van der Waals surface area contributed by atoms with Crippen LogP contribution in [0.15, 0.2) is 0 Å². The summed E-state index contributed by atoms with van der Waals surface area (Å²) in [5.41, 5.74) is 0. The molecule has 0 radical (unpaired) electrons. The molecule has 100 valence electrons. The van der Waals surface area contributed by atoms with Gasteiger partial charge in [-0.3, -0.25) is 0 Å². The molecule has 0 atom stereocenters. The first-order valence-electron chi connectivity index (χ1n) is 7.70. The lowest BCUT2D eigenvalue weighted by Gasteiger charge is -2.30. The van der Waals surface area contributed by atoms with Crippen LogP contribution in [0.4, 0.5) is 0 Å². The molecular weight excluding hydrogens is 208 g/mol. The summed E-state index contributed by atoms with van der Waals surface area (Å²) in [5, 5.41) is 3.47. The quantitative estimate of drug-likeness (QED) is 0.733. The summed E-state index contributed by atoms with van der Waals surface area (Å²) in [6.45, 7) is 9.91. The molecule has 17 heavy (non-hydrogen) atoms. The van der Waals surface area contributed by atoms with Crippen molar-refractivity contribution in [3.8, 4) is 0 Å². The predicted octanol–water partition coefficient (Wildman–Crippen LogP) is 2.89. The van der Waals surface area contributed by atoms with Crippen LogP contribution < -0.4 is 5.32 Å². The highest BCUT2D eigenvalue weighted by molar-refractivity contribution is 4.86. The third-order valence-corrected chi connectivity index (χ3v) is 4.24. The fraction of sp³-hybridized carbons (Fsp3) is 1.00. The smallest absolute Gasteiger partial charge is 0.00965 e. The van der Waals surface area contributed by atoms with E-state index >= 15 is 0 Å². The Morgan fingerprint density at radius 3 is 2.41 bits per heavy atom. The number of nitrogens with zero attached hydrogens (tertiary/aromatic N) is 1. The minimum Gasteiger partial charge on any atom is -0.317 e. The Labute approximate surface area is 107 Å². The highest BCUT2D eigenvalue weighted by atomic mass is 15.2. The highest BCUT2D eigenvalue weighted by Crippen LogP contribution is 2.29. The number of rotatable bonds is 7. The van der Waals surface area contributed by atoms with Crippen molar-refractivity contribution in [2.45, 2.75) is 58.4 Å². The van der Waals surface area contributed by atoms with Crippen LogP contribution in [0.25, 0.3) is 0 Å². The summed E-state index contributed by atoms with van der Waals surface area (Å²) in [5.74, 6) is 1.84. The molecule has 2 heteroatoms. The molecule has 2 fully saturated rings. The average molecular weight is 238 g/mol. The zero-order valence-corrected chi connectivity index (χ0v) is 11.8. The first-order chi connectivity index (χ1) is 8.25. The Bertz CT molecular complexity index is 205. The zero-order valence-electron chi connectivity index (χ0n) is 11.8. The normalized spacial score (nSPS) is 22.6. The summed E-state index contributed by atoms with van der Waals surface area (Å²) in [4.78, 5) is 2.80. The molecule has 0 spiro atoms. The molecule has 0 bridgehead atoms. The molecule has 1 saturated heterocycles. The van der Waals surface area contributed by atoms with E-state index in [2.05, 4.69) is 24.1 Å². The maximum atomic E-state index is 3.47. The average Bonchev–Trinajstić information content (AvgIpc) is 3.12. The van der Waals surface area contributed by atoms with Gasteiger partial charge in [0.15, 0.2) is 0 Å². The van der Waals surface area contributed by atoms with Crippen LogP contribution in [-0.2, 0) is 0 Å². The van der Waals surface area contributed by atoms with Crippen LogP contribution in [-0.4, -0.2) is 37.1 Å². The fourth-order valence-corrected chi connectivity index (χ4v) is 2.96. The maximum Gasteiger partial charge on any atom is 0.00965 e. The molecule has 0 aromatic heterocycles. The topological polar surface area (TPSA) is 15.3 Å². The first kappa shape index (κ1) is 13.4. The lowest BCUT2D eigenvalue weighted by atomic mass is 9.97. The Hall–Kier alpha value is -0.0800. The monoisotopic (exact) mass is 238 g/mol. The van der Waals surface area contributed by atoms with Gasteiger partial charge in [0, 0.05) is 12.6 Å². The van der Waals surface area contributed by atoms with Crippen LogP contribution in [0.5, 0.6) is 0 Å². The highest BCUT2D eigenvalue weighted by Gasteiger charge is 2.30. The largest absolute Gasteiger partial charge is 0.317 e. The van der Waals surface area contributed by atoms with Crippen LogP contribution in [0.2, 0.25) is 0 Å². The number of hydrogen-bond acceptors (Lipinski definition) is 2. The van der Waals surface area contributed by atoms with Crippen molar-refractivity contribution >= 4 is 0 Å². The third-order valence-electron chi connectivity index (χ3n) is 4.24. The second kappa shape index (κ2) is 6.75. The lowest BCUT2D eigenvalue weighted by Crippen LogP contribution is -2.37. The van der Waals surface area contributed by atoms with E-state index in [1.807, 2.05) is 0 Å². The summed E-state index contributed by atoms with van der Waals surface area (Å²) in [7, 11) is 0. The summed E-state index contributed by atoms with van der Waals surface area (Å²) >= 11 is 0. The molecule has 0 aromatic rings. The third kappa shape index (κ3) is 4.97. The summed E-state index contributed by atoms with van der Waals surface area (Å²) in [6.07, 6.45) is 8.52. The lowest BCUT2D eigenvalue weighted by molar-refractivity contribution is 0.192. The van der Waals surface area contributed by atoms with Crippen LogP contribution in [0, 0.1) is 11.8 Å². The van der Waals surface area contributed by atoms with E-state index < -0.39 is 0 Å². The van der Waals surface area contributed by atoms with Gasteiger partial charge in [0.25, 0.3) is 0 Å². The van der Waals surface area contributed by atoms with Crippen LogP contribution in [0.1, 0.15) is 52.4 Å². The van der Waals surface area contributed by atoms with E-state index in [9.17, 15) is 0 Å². The van der Waals surface area contributed by atoms with Crippen molar-refractivity contribution in [3.63, 3.8) is 0 Å². The van der Waals surface area contributed by atoms with E-state index in [0.717, 1.165) is 17.9 Å². The molecule has 1 heterocycles. The van der Waals surface area contributed by atoms with Crippen LogP contribution in [0.3, 0.4) is 0 Å². The van der Waals surface area contributed by atoms with E-state index in [4.69, 9.17) is 0 Å². The van der Waals surface area contributed by atoms with E-state index in [1.165, 1.54) is 64.7 Å². The molecular formula is C15H30N2. The fourth-order valence-electron chi connectivity index (χ4n) is 2.96. The van der Waals surface area contributed by atoms with Gasteiger partial charge in [0.2, 0.25) is 0 Å². The van der Waals surface area contributed by atoms with E-state index in [0.29, 0.717) is 0 Å². The minimum absolute atomic E-state index is 0.870. The van der Waals surface area contributed by atoms with Gasteiger partial charge >= 0.3 is 0 Å². The van der Waals surface area contributed by atoms with Crippen molar-refractivity contribution in [2.24, 2.45) is 11.8 Å². The molecule has 1 aliphatic heterocycles. The van der Waals surface area contributed by atoms with E-state index in [-0.39, 0.29) is 0 Å². The van der Waals surface area contributed by atoms with E-state index in [1.54, 1.807) is 0 Å². The zero-order chi connectivity index (χ0) is 12.1. The van der Waals surface area contributed by atoms with Crippen molar-refractivity contribution in [1.29, 1.82) is 0 Å². The second-order valence-corrected chi connectivity index (χ2v) is 6.46. The van der Waals surface area contributed by atoms with Crippen molar-refractivity contribution in [2.75, 3.05) is 26.2 Å². The van der Waals surface area contributed by atoms with Gasteiger partial charge in [-0.25, -0.2) is 0 Å². The molecule has 0 amide bonds. The minimum atomic E-state index is 0.870. The summed E-state index contributed by atoms with van der Waals surface area (Å²) in [6, 6.07) is 0.956. The van der Waals surface area contributed by atoms with Gasteiger partial charge in [-0.15, -0.1) is 0 Å². The van der Waals surface area contributed by atoms with Crippen LogP contribution >= 0.6 is 0 Å². The van der Waals surface area contributed by atoms with Gasteiger partial charge < -0.3 is 10.2 Å². The maximum absolute atomic E-state index is 3.47. The van der Waals surface area contributed by atoms with Crippen molar-refractivity contribution in [1.82, 2.24) is 10.2 Å². The van der Waals surface area contributed by atoms with Crippen molar-refractivity contribution in [3.05, 3.63) is 0 Å². The first-order valence-corrected chi connectivity index (χ1v) is 7.70. The molecule has 1 saturated carbocycles. The SMILES string of the molecule is CC(C)CCCN(CC1CCNCC1)C1CC1. The van der Waals surface area contributed by atoms with Gasteiger partial charge in [-0.05, 0) is 70.0 Å².